The number of fused-ring (bicyclic) bond motifs is 2. The summed E-state index contributed by atoms with van der Waals surface area (Å²) in [6, 6.07) is 0. The Morgan fingerprint density at radius 2 is 2.26 bits per heavy atom. The molecule has 1 heterocycles. The first-order valence-corrected chi connectivity index (χ1v) is 8.04. The summed E-state index contributed by atoms with van der Waals surface area (Å²) >= 11 is 0. The van der Waals surface area contributed by atoms with E-state index in [4.69, 9.17) is 0 Å². The molecule has 2 fully saturated rings. The van der Waals surface area contributed by atoms with Gasteiger partial charge in [-0.25, -0.2) is 4.98 Å². The van der Waals surface area contributed by atoms with Crippen LogP contribution in [0, 0.1) is 24.7 Å². The first-order chi connectivity index (χ1) is 9.26. The van der Waals surface area contributed by atoms with Gasteiger partial charge in [0.1, 0.15) is 0 Å². The molecule has 1 aromatic rings. The number of unbranched alkanes of at least 4 members (excludes halogenated alkanes) is 1. The zero-order chi connectivity index (χ0) is 13.2. The van der Waals surface area contributed by atoms with Gasteiger partial charge in [-0.2, -0.15) is 0 Å². The van der Waals surface area contributed by atoms with Crippen molar-refractivity contribution >= 4 is 5.95 Å². The van der Waals surface area contributed by atoms with Crippen molar-refractivity contribution in [2.45, 2.75) is 58.9 Å². The normalized spacial score (nSPS) is 29.1. The molecule has 1 aromatic heterocycles. The predicted octanol–water partition coefficient (Wildman–Crippen LogP) is 3.84. The standard InChI is InChI=1S/C16H27N3/c1-3-4-7-17-16-18-12(2)10-19(16)11-15-9-13-5-6-14(15)8-13/h10,13-15H,3-9,11H2,1-2H3,(H,17,18). The predicted molar refractivity (Wildman–Crippen MR) is 79.3 cm³/mol. The van der Waals surface area contributed by atoms with Gasteiger partial charge in [0.25, 0.3) is 0 Å². The van der Waals surface area contributed by atoms with Crippen LogP contribution >= 0.6 is 0 Å². The number of nitrogens with zero attached hydrogens (tertiary/aromatic N) is 2. The maximum atomic E-state index is 4.64. The maximum absolute atomic E-state index is 4.64. The van der Waals surface area contributed by atoms with Gasteiger partial charge in [-0.15, -0.1) is 0 Å². The fourth-order valence-electron chi connectivity index (χ4n) is 4.06. The quantitative estimate of drug-likeness (QED) is 0.788. The highest BCUT2D eigenvalue weighted by Crippen LogP contribution is 2.49. The second-order valence-electron chi connectivity index (χ2n) is 6.57. The van der Waals surface area contributed by atoms with Gasteiger partial charge in [0, 0.05) is 19.3 Å². The number of hydrogen-bond acceptors (Lipinski definition) is 2. The molecule has 0 spiro atoms. The van der Waals surface area contributed by atoms with Gasteiger partial charge >= 0.3 is 0 Å². The Morgan fingerprint density at radius 1 is 1.37 bits per heavy atom. The minimum atomic E-state index is 0.902. The number of hydrogen-bond donors (Lipinski definition) is 1. The number of anilines is 1. The first-order valence-electron chi connectivity index (χ1n) is 8.04. The van der Waals surface area contributed by atoms with Crippen molar-refractivity contribution in [1.29, 1.82) is 0 Å². The van der Waals surface area contributed by atoms with Gasteiger partial charge in [0.15, 0.2) is 0 Å². The number of nitrogens with one attached hydrogen (secondary N) is 1. The molecule has 0 radical (unpaired) electrons. The van der Waals surface area contributed by atoms with E-state index in [2.05, 4.69) is 34.9 Å². The molecule has 3 nitrogen and oxygen atoms in total. The summed E-state index contributed by atoms with van der Waals surface area (Å²) in [4.78, 5) is 4.64. The first kappa shape index (κ1) is 13.0. The highest BCUT2D eigenvalue weighted by atomic mass is 15.2. The topological polar surface area (TPSA) is 29.9 Å². The number of aryl methyl sites for hydroxylation is 1. The SMILES string of the molecule is CCCCNc1nc(C)cn1CC1CC2CCC1C2. The van der Waals surface area contributed by atoms with Crippen LogP contribution in [0.1, 0.15) is 51.1 Å². The van der Waals surface area contributed by atoms with Crippen LogP contribution in [0.3, 0.4) is 0 Å². The lowest BCUT2D eigenvalue weighted by Gasteiger charge is -2.23. The van der Waals surface area contributed by atoms with Crippen LogP contribution in [-0.4, -0.2) is 16.1 Å². The Labute approximate surface area is 116 Å². The van der Waals surface area contributed by atoms with Crippen LogP contribution in [0.4, 0.5) is 5.95 Å². The minimum absolute atomic E-state index is 0.902. The van der Waals surface area contributed by atoms with Crippen molar-refractivity contribution in [3.63, 3.8) is 0 Å². The van der Waals surface area contributed by atoms with Crippen LogP contribution < -0.4 is 5.32 Å². The van der Waals surface area contributed by atoms with Gasteiger partial charge in [-0.3, -0.25) is 0 Å². The highest BCUT2D eigenvalue weighted by molar-refractivity contribution is 5.28. The van der Waals surface area contributed by atoms with E-state index in [1.807, 2.05) is 0 Å². The molecule has 1 N–H and O–H groups in total. The van der Waals surface area contributed by atoms with Gasteiger partial charge in [-0.1, -0.05) is 19.8 Å². The van der Waals surface area contributed by atoms with E-state index in [0.29, 0.717) is 0 Å². The number of imidazole rings is 1. The third-order valence-corrected chi connectivity index (χ3v) is 5.03. The lowest BCUT2D eigenvalue weighted by Crippen LogP contribution is -2.18. The smallest absolute Gasteiger partial charge is 0.203 e. The Morgan fingerprint density at radius 3 is 2.95 bits per heavy atom. The van der Waals surface area contributed by atoms with E-state index in [1.54, 1.807) is 0 Å². The van der Waals surface area contributed by atoms with E-state index in [1.165, 1.54) is 45.1 Å². The Balaban J connectivity index is 1.63. The fourth-order valence-corrected chi connectivity index (χ4v) is 4.06. The van der Waals surface area contributed by atoms with Gasteiger partial charge in [0.05, 0.1) is 5.69 Å². The summed E-state index contributed by atoms with van der Waals surface area (Å²) in [5.41, 5.74) is 1.14. The molecule has 2 bridgehead atoms. The Hall–Kier alpha value is -0.990. The highest BCUT2D eigenvalue weighted by Gasteiger charge is 2.39. The molecule has 2 saturated carbocycles. The zero-order valence-electron chi connectivity index (χ0n) is 12.4. The third-order valence-electron chi connectivity index (χ3n) is 5.03. The molecule has 3 unspecified atom stereocenters. The third kappa shape index (κ3) is 2.80. The molecule has 0 aliphatic heterocycles. The van der Waals surface area contributed by atoms with E-state index < -0.39 is 0 Å². The van der Waals surface area contributed by atoms with Crippen LogP contribution in [0.15, 0.2) is 6.20 Å². The van der Waals surface area contributed by atoms with Crippen LogP contribution in [-0.2, 0) is 6.54 Å². The van der Waals surface area contributed by atoms with Gasteiger partial charge in [-0.05, 0) is 50.4 Å². The second kappa shape index (κ2) is 5.56. The second-order valence-corrected chi connectivity index (χ2v) is 6.57. The molecular weight excluding hydrogens is 234 g/mol. The van der Waals surface area contributed by atoms with Crippen molar-refractivity contribution < 1.29 is 0 Å². The zero-order valence-corrected chi connectivity index (χ0v) is 12.4. The molecule has 3 atom stereocenters. The summed E-state index contributed by atoms with van der Waals surface area (Å²) in [7, 11) is 0. The summed E-state index contributed by atoms with van der Waals surface area (Å²) in [5.74, 6) is 4.03. The van der Waals surface area contributed by atoms with Crippen LogP contribution in [0.2, 0.25) is 0 Å². The van der Waals surface area contributed by atoms with Crippen molar-refractivity contribution in [3.05, 3.63) is 11.9 Å². The summed E-state index contributed by atoms with van der Waals surface area (Å²) < 4.78 is 2.37. The Kier molecular flexibility index (Phi) is 3.81. The van der Waals surface area contributed by atoms with Crippen LogP contribution in [0.25, 0.3) is 0 Å². The monoisotopic (exact) mass is 261 g/mol. The lowest BCUT2D eigenvalue weighted by molar-refractivity contribution is 0.297. The average molecular weight is 261 g/mol. The van der Waals surface area contributed by atoms with Crippen molar-refractivity contribution in [3.8, 4) is 0 Å². The summed E-state index contributed by atoms with van der Waals surface area (Å²) in [6.45, 7) is 6.55. The molecule has 106 valence electrons. The Bertz CT molecular complexity index is 424. The molecule has 0 saturated heterocycles. The summed E-state index contributed by atoms with van der Waals surface area (Å²) in [5, 5.41) is 3.50. The number of rotatable bonds is 6. The van der Waals surface area contributed by atoms with E-state index >= 15 is 0 Å². The van der Waals surface area contributed by atoms with Gasteiger partial charge in [0.2, 0.25) is 5.95 Å². The van der Waals surface area contributed by atoms with E-state index in [9.17, 15) is 0 Å². The lowest BCUT2D eigenvalue weighted by atomic mass is 9.89. The molecule has 3 heteroatoms. The molecule has 3 rings (SSSR count). The van der Waals surface area contributed by atoms with E-state index in [0.717, 1.165) is 35.9 Å². The van der Waals surface area contributed by atoms with Crippen LogP contribution in [0.5, 0.6) is 0 Å². The molecule has 2 aliphatic rings. The van der Waals surface area contributed by atoms with Crippen molar-refractivity contribution in [2.24, 2.45) is 17.8 Å². The van der Waals surface area contributed by atoms with Crippen molar-refractivity contribution in [2.75, 3.05) is 11.9 Å². The molecule has 2 aliphatic carbocycles. The summed E-state index contributed by atoms with van der Waals surface area (Å²) in [6.07, 6.45) is 10.6. The largest absolute Gasteiger partial charge is 0.356 e. The molecule has 19 heavy (non-hydrogen) atoms. The molecule has 0 aromatic carbocycles. The molecule has 0 amide bonds. The number of aromatic nitrogens is 2. The molecular formula is C16H27N3. The maximum Gasteiger partial charge on any atom is 0.203 e. The van der Waals surface area contributed by atoms with E-state index in [-0.39, 0.29) is 0 Å². The minimum Gasteiger partial charge on any atom is -0.356 e. The average Bonchev–Trinajstić information content (AvgIpc) is 3.06. The fraction of sp³-hybridized carbons (Fsp3) is 0.812. The van der Waals surface area contributed by atoms with Gasteiger partial charge < -0.3 is 9.88 Å². The van der Waals surface area contributed by atoms with Crippen molar-refractivity contribution in [1.82, 2.24) is 9.55 Å².